The Morgan fingerprint density at radius 2 is 1.00 bits per heavy atom. The van der Waals surface area contributed by atoms with E-state index in [4.69, 9.17) is 4.74 Å². The standard InChI is InChI=1S/C15H37N5O/c1-3-5-16-6-4-7-17-8-9-18-10-11-19-12-13-20-14-15-21-2/h16-20H,3-15H2,1-2H3. The highest BCUT2D eigenvalue weighted by molar-refractivity contribution is 4.57. The van der Waals surface area contributed by atoms with Gasteiger partial charge in [0.1, 0.15) is 0 Å². The molecule has 0 aromatic carbocycles. The molecule has 128 valence electrons. The van der Waals surface area contributed by atoms with Crippen molar-refractivity contribution in [1.82, 2.24) is 26.6 Å². The van der Waals surface area contributed by atoms with Gasteiger partial charge in [0.25, 0.3) is 0 Å². The highest BCUT2D eigenvalue weighted by atomic mass is 16.5. The molecule has 0 radical (unpaired) electrons. The van der Waals surface area contributed by atoms with Crippen molar-refractivity contribution in [3.63, 3.8) is 0 Å². The van der Waals surface area contributed by atoms with E-state index in [-0.39, 0.29) is 0 Å². The first-order chi connectivity index (χ1) is 10.4. The molecule has 0 aromatic heterocycles. The maximum Gasteiger partial charge on any atom is 0.0587 e. The van der Waals surface area contributed by atoms with Crippen LogP contribution in [0.5, 0.6) is 0 Å². The van der Waals surface area contributed by atoms with Crippen LogP contribution >= 0.6 is 0 Å². The molecule has 0 aromatic rings. The average Bonchev–Trinajstić information content (AvgIpc) is 2.50. The van der Waals surface area contributed by atoms with Crippen LogP contribution in [0.4, 0.5) is 0 Å². The lowest BCUT2D eigenvalue weighted by atomic mass is 10.4. The van der Waals surface area contributed by atoms with Crippen molar-refractivity contribution in [2.24, 2.45) is 0 Å². The Balaban J connectivity index is 2.90. The molecule has 0 saturated heterocycles. The van der Waals surface area contributed by atoms with Crippen LogP contribution in [0.3, 0.4) is 0 Å². The lowest BCUT2D eigenvalue weighted by Gasteiger charge is -2.08. The summed E-state index contributed by atoms with van der Waals surface area (Å²) in [6, 6.07) is 0. The van der Waals surface area contributed by atoms with E-state index in [1.807, 2.05) is 0 Å². The van der Waals surface area contributed by atoms with Crippen molar-refractivity contribution in [3.05, 3.63) is 0 Å². The Morgan fingerprint density at radius 3 is 1.48 bits per heavy atom. The van der Waals surface area contributed by atoms with Gasteiger partial charge in [0.2, 0.25) is 0 Å². The number of ether oxygens (including phenoxy) is 1. The van der Waals surface area contributed by atoms with Gasteiger partial charge in [-0.3, -0.25) is 0 Å². The Kier molecular flexibility index (Phi) is 19.5. The minimum absolute atomic E-state index is 0.781. The molecule has 0 aliphatic carbocycles. The van der Waals surface area contributed by atoms with Crippen LogP contribution < -0.4 is 26.6 Å². The van der Waals surface area contributed by atoms with E-state index in [1.165, 1.54) is 12.8 Å². The molecule has 0 aliphatic rings. The molecule has 0 saturated carbocycles. The van der Waals surface area contributed by atoms with Gasteiger partial charge in [0, 0.05) is 52.9 Å². The summed E-state index contributed by atoms with van der Waals surface area (Å²) in [5.41, 5.74) is 0. The van der Waals surface area contributed by atoms with Crippen LogP contribution in [0.2, 0.25) is 0 Å². The Labute approximate surface area is 131 Å². The van der Waals surface area contributed by atoms with E-state index in [1.54, 1.807) is 7.11 Å². The number of hydrogen-bond donors (Lipinski definition) is 5. The normalized spacial score (nSPS) is 11.1. The van der Waals surface area contributed by atoms with Crippen molar-refractivity contribution in [2.75, 3.05) is 79.2 Å². The van der Waals surface area contributed by atoms with Gasteiger partial charge in [-0.25, -0.2) is 0 Å². The second-order valence-corrected chi connectivity index (χ2v) is 5.10. The van der Waals surface area contributed by atoms with Crippen molar-refractivity contribution in [3.8, 4) is 0 Å². The highest BCUT2D eigenvalue weighted by Crippen LogP contribution is 1.75. The predicted molar refractivity (Wildman–Crippen MR) is 91.1 cm³/mol. The van der Waals surface area contributed by atoms with Crippen molar-refractivity contribution >= 4 is 0 Å². The smallest absolute Gasteiger partial charge is 0.0587 e. The van der Waals surface area contributed by atoms with E-state index >= 15 is 0 Å². The molecule has 0 atom stereocenters. The molecule has 6 heteroatoms. The molecule has 0 aliphatic heterocycles. The van der Waals surface area contributed by atoms with E-state index in [0.717, 1.165) is 72.1 Å². The molecular weight excluding hydrogens is 266 g/mol. The van der Waals surface area contributed by atoms with Crippen LogP contribution in [0.15, 0.2) is 0 Å². The minimum atomic E-state index is 0.781. The van der Waals surface area contributed by atoms with Gasteiger partial charge >= 0.3 is 0 Å². The van der Waals surface area contributed by atoms with Gasteiger partial charge in [-0.1, -0.05) is 6.92 Å². The summed E-state index contributed by atoms with van der Waals surface area (Å²) in [6.07, 6.45) is 2.42. The zero-order valence-corrected chi connectivity index (χ0v) is 14.1. The van der Waals surface area contributed by atoms with Gasteiger partial charge in [-0.2, -0.15) is 0 Å². The lowest BCUT2D eigenvalue weighted by Crippen LogP contribution is -2.36. The van der Waals surface area contributed by atoms with Gasteiger partial charge in [-0.15, -0.1) is 0 Å². The van der Waals surface area contributed by atoms with Crippen LogP contribution in [0.1, 0.15) is 19.8 Å². The van der Waals surface area contributed by atoms with E-state index < -0.39 is 0 Å². The molecule has 0 spiro atoms. The lowest BCUT2D eigenvalue weighted by molar-refractivity contribution is 0.199. The number of hydrogen-bond acceptors (Lipinski definition) is 6. The van der Waals surface area contributed by atoms with E-state index in [0.29, 0.717) is 0 Å². The largest absolute Gasteiger partial charge is 0.383 e. The second-order valence-electron chi connectivity index (χ2n) is 5.10. The zero-order chi connectivity index (χ0) is 15.4. The Morgan fingerprint density at radius 1 is 0.571 bits per heavy atom. The van der Waals surface area contributed by atoms with Gasteiger partial charge in [0.15, 0.2) is 0 Å². The third-order valence-corrected chi connectivity index (χ3v) is 3.05. The molecule has 6 nitrogen and oxygen atoms in total. The fourth-order valence-corrected chi connectivity index (χ4v) is 1.84. The first-order valence-electron chi connectivity index (χ1n) is 8.44. The Hall–Kier alpha value is -0.240. The molecule has 0 amide bonds. The molecule has 0 bridgehead atoms. The van der Waals surface area contributed by atoms with Gasteiger partial charge in [-0.05, 0) is 32.5 Å². The van der Waals surface area contributed by atoms with Crippen LogP contribution in [-0.2, 0) is 4.74 Å². The average molecular weight is 303 g/mol. The molecule has 0 unspecified atom stereocenters. The van der Waals surface area contributed by atoms with E-state index in [2.05, 4.69) is 33.5 Å². The molecule has 0 rings (SSSR count). The summed E-state index contributed by atoms with van der Waals surface area (Å²) in [6.45, 7) is 13.4. The van der Waals surface area contributed by atoms with Crippen LogP contribution in [0, 0.1) is 0 Å². The second kappa shape index (κ2) is 19.8. The monoisotopic (exact) mass is 303 g/mol. The number of nitrogens with one attached hydrogen (secondary N) is 5. The fraction of sp³-hybridized carbons (Fsp3) is 1.00. The summed E-state index contributed by atoms with van der Waals surface area (Å²) in [7, 11) is 1.73. The third-order valence-electron chi connectivity index (χ3n) is 3.05. The van der Waals surface area contributed by atoms with Gasteiger partial charge in [0.05, 0.1) is 6.61 Å². The Bertz CT molecular complexity index is 165. The molecule has 0 heterocycles. The summed E-state index contributed by atoms with van der Waals surface area (Å²) < 4.78 is 4.96. The number of rotatable bonds is 18. The van der Waals surface area contributed by atoms with Crippen LogP contribution in [-0.4, -0.2) is 79.2 Å². The summed E-state index contributed by atoms with van der Waals surface area (Å²) in [5.74, 6) is 0. The molecule has 0 fully saturated rings. The number of methoxy groups -OCH3 is 1. The molecular formula is C15H37N5O. The summed E-state index contributed by atoms with van der Waals surface area (Å²) >= 11 is 0. The predicted octanol–water partition coefficient (Wildman–Crippen LogP) is -0.619. The SMILES string of the molecule is CCCNCCCNCCNCCNCCNCCOC. The van der Waals surface area contributed by atoms with Crippen molar-refractivity contribution in [2.45, 2.75) is 19.8 Å². The molecule has 21 heavy (non-hydrogen) atoms. The summed E-state index contributed by atoms with van der Waals surface area (Å²) in [4.78, 5) is 0. The van der Waals surface area contributed by atoms with Crippen molar-refractivity contribution in [1.29, 1.82) is 0 Å². The van der Waals surface area contributed by atoms with Crippen LogP contribution in [0.25, 0.3) is 0 Å². The minimum Gasteiger partial charge on any atom is -0.383 e. The fourth-order valence-electron chi connectivity index (χ4n) is 1.84. The van der Waals surface area contributed by atoms with E-state index in [9.17, 15) is 0 Å². The maximum atomic E-state index is 4.96. The van der Waals surface area contributed by atoms with Crippen molar-refractivity contribution < 1.29 is 4.74 Å². The van der Waals surface area contributed by atoms with Gasteiger partial charge < -0.3 is 31.3 Å². The highest BCUT2D eigenvalue weighted by Gasteiger charge is 1.91. The first kappa shape index (κ1) is 20.8. The summed E-state index contributed by atoms with van der Waals surface area (Å²) in [5, 5.41) is 17.0. The molecule has 5 N–H and O–H groups in total. The quantitative estimate of drug-likeness (QED) is 0.218. The third kappa shape index (κ3) is 19.8. The zero-order valence-electron chi connectivity index (χ0n) is 14.1. The first-order valence-corrected chi connectivity index (χ1v) is 8.44. The maximum absolute atomic E-state index is 4.96. The topological polar surface area (TPSA) is 69.4 Å².